The lowest BCUT2D eigenvalue weighted by Crippen LogP contribution is -2.18. The third-order valence-electron chi connectivity index (χ3n) is 4.22. The molecule has 0 atom stereocenters. The molecule has 4 nitrogen and oxygen atoms in total. The van der Waals surface area contributed by atoms with Crippen molar-refractivity contribution in [1.82, 2.24) is 10.2 Å². The third kappa shape index (κ3) is 4.27. The summed E-state index contributed by atoms with van der Waals surface area (Å²) in [6, 6.07) is 0. The van der Waals surface area contributed by atoms with E-state index in [0.717, 1.165) is 17.8 Å². The normalized spacial score (nSPS) is 16.6. The van der Waals surface area contributed by atoms with Gasteiger partial charge in [0.1, 0.15) is 5.01 Å². The number of hydrogen-bond donors (Lipinski definition) is 1. The van der Waals surface area contributed by atoms with Crippen LogP contribution in [0, 0.1) is 5.92 Å². The summed E-state index contributed by atoms with van der Waals surface area (Å²) in [5.41, 5.74) is 0. The van der Waals surface area contributed by atoms with E-state index in [4.69, 9.17) is 0 Å². The maximum absolute atomic E-state index is 12.0. The highest BCUT2D eigenvalue weighted by Crippen LogP contribution is 2.29. The van der Waals surface area contributed by atoms with Gasteiger partial charge < -0.3 is 5.32 Å². The van der Waals surface area contributed by atoms with Crippen molar-refractivity contribution in [3.05, 3.63) is 5.01 Å². The van der Waals surface area contributed by atoms with E-state index in [1.165, 1.54) is 43.4 Å². The van der Waals surface area contributed by atoms with Crippen LogP contribution in [0.15, 0.2) is 0 Å². The van der Waals surface area contributed by atoms with Crippen LogP contribution in [0.4, 0.5) is 5.13 Å². The molecule has 20 heavy (non-hydrogen) atoms. The molecule has 0 aliphatic heterocycles. The molecule has 1 N–H and O–H groups in total. The van der Waals surface area contributed by atoms with Crippen LogP contribution in [0.25, 0.3) is 0 Å². The van der Waals surface area contributed by atoms with Crippen molar-refractivity contribution >= 4 is 22.4 Å². The first-order valence-electron chi connectivity index (χ1n) is 7.86. The monoisotopic (exact) mass is 295 g/mol. The summed E-state index contributed by atoms with van der Waals surface area (Å²) in [4.78, 5) is 12.0. The van der Waals surface area contributed by atoms with Gasteiger partial charge in [-0.2, -0.15) is 0 Å². The molecular weight excluding hydrogens is 270 g/mol. The van der Waals surface area contributed by atoms with Gasteiger partial charge in [-0.3, -0.25) is 4.79 Å². The molecule has 5 heteroatoms. The molecule has 112 valence electrons. The number of anilines is 1. The number of carbonyl (C=O) groups is 1. The molecule has 0 radical (unpaired) electrons. The van der Waals surface area contributed by atoms with E-state index in [-0.39, 0.29) is 5.91 Å². The average Bonchev–Trinajstić information content (AvgIpc) is 2.89. The van der Waals surface area contributed by atoms with E-state index in [9.17, 15) is 4.79 Å². The molecule has 2 rings (SSSR count). The fourth-order valence-electron chi connectivity index (χ4n) is 2.91. The summed E-state index contributed by atoms with van der Waals surface area (Å²) in [6.07, 6.45) is 9.05. The first-order valence-corrected chi connectivity index (χ1v) is 8.67. The predicted molar refractivity (Wildman–Crippen MR) is 83.1 cm³/mol. The van der Waals surface area contributed by atoms with Crippen LogP contribution >= 0.6 is 11.3 Å². The first kappa shape index (κ1) is 15.4. The number of hydrogen-bond acceptors (Lipinski definition) is 4. The van der Waals surface area contributed by atoms with E-state index in [1.807, 2.05) is 0 Å². The molecule has 1 aliphatic rings. The Labute approximate surface area is 125 Å². The molecule has 1 aromatic heterocycles. The minimum atomic E-state index is 0.101. The van der Waals surface area contributed by atoms with Gasteiger partial charge in [0.2, 0.25) is 11.0 Å². The number of nitrogens with one attached hydrogen (secondary N) is 1. The fourth-order valence-corrected chi connectivity index (χ4v) is 3.94. The summed E-state index contributed by atoms with van der Waals surface area (Å²) in [6.45, 7) is 4.33. The molecule has 1 fully saturated rings. The van der Waals surface area contributed by atoms with Gasteiger partial charge in [-0.15, -0.1) is 10.2 Å². The summed E-state index contributed by atoms with van der Waals surface area (Å²) < 4.78 is 0. The van der Waals surface area contributed by atoms with Gasteiger partial charge in [-0.25, -0.2) is 0 Å². The second kappa shape index (κ2) is 7.72. The highest BCUT2D eigenvalue weighted by atomic mass is 32.1. The topological polar surface area (TPSA) is 54.9 Å². The van der Waals surface area contributed by atoms with E-state index < -0.39 is 0 Å². The van der Waals surface area contributed by atoms with Crippen molar-refractivity contribution in [3.8, 4) is 0 Å². The predicted octanol–water partition coefficient (Wildman–Crippen LogP) is 4.35. The molecule has 1 saturated carbocycles. The summed E-state index contributed by atoms with van der Waals surface area (Å²) >= 11 is 1.53. The Hall–Kier alpha value is -0.970. The van der Waals surface area contributed by atoms with Gasteiger partial charge in [-0.05, 0) is 31.6 Å². The van der Waals surface area contributed by atoms with Crippen molar-refractivity contribution in [2.45, 2.75) is 71.1 Å². The minimum Gasteiger partial charge on any atom is -0.301 e. The number of aromatic nitrogens is 2. The quantitative estimate of drug-likeness (QED) is 0.848. The summed E-state index contributed by atoms with van der Waals surface area (Å²) in [7, 11) is 0. The highest BCUT2D eigenvalue weighted by molar-refractivity contribution is 7.15. The van der Waals surface area contributed by atoms with Gasteiger partial charge >= 0.3 is 0 Å². The Kier molecular flexibility index (Phi) is 5.95. The van der Waals surface area contributed by atoms with E-state index in [1.54, 1.807) is 0 Å². The molecular formula is C15H25N3OS. The Bertz CT molecular complexity index is 423. The van der Waals surface area contributed by atoms with Crippen LogP contribution in [0.1, 0.15) is 76.1 Å². The molecule has 0 aromatic carbocycles. The van der Waals surface area contributed by atoms with Crippen LogP contribution in [0.5, 0.6) is 0 Å². The van der Waals surface area contributed by atoms with Gasteiger partial charge in [0.25, 0.3) is 0 Å². The van der Waals surface area contributed by atoms with Crippen LogP contribution in [-0.4, -0.2) is 16.1 Å². The number of amides is 1. The maximum Gasteiger partial charge on any atom is 0.226 e. The third-order valence-corrected chi connectivity index (χ3v) is 5.22. The van der Waals surface area contributed by atoms with Gasteiger partial charge in [-0.1, -0.05) is 44.4 Å². The van der Waals surface area contributed by atoms with Crippen molar-refractivity contribution in [2.75, 3.05) is 5.32 Å². The molecule has 1 heterocycles. The summed E-state index contributed by atoms with van der Waals surface area (Å²) in [5, 5.41) is 12.9. The van der Waals surface area contributed by atoms with Gasteiger partial charge in [0.15, 0.2) is 0 Å². The van der Waals surface area contributed by atoms with Gasteiger partial charge in [0, 0.05) is 12.3 Å². The zero-order valence-electron chi connectivity index (χ0n) is 12.5. The Morgan fingerprint density at radius 2 is 1.95 bits per heavy atom. The van der Waals surface area contributed by atoms with Crippen LogP contribution in [0.3, 0.4) is 0 Å². The van der Waals surface area contributed by atoms with Crippen LogP contribution in [-0.2, 0) is 4.79 Å². The van der Waals surface area contributed by atoms with Crippen molar-refractivity contribution < 1.29 is 4.79 Å². The van der Waals surface area contributed by atoms with Crippen molar-refractivity contribution in [1.29, 1.82) is 0 Å². The SMILES string of the molecule is CCC(CC)c1nnc(NC(=O)CC2CCCCC2)s1. The van der Waals surface area contributed by atoms with E-state index in [2.05, 4.69) is 29.4 Å². The average molecular weight is 295 g/mol. The Morgan fingerprint density at radius 3 is 2.60 bits per heavy atom. The Balaban J connectivity index is 1.84. The number of nitrogens with zero attached hydrogens (tertiary/aromatic N) is 2. The Morgan fingerprint density at radius 1 is 1.25 bits per heavy atom. The standard InChI is InChI=1S/C15H25N3OS/c1-3-12(4-2)14-17-18-15(20-14)16-13(19)10-11-8-6-5-7-9-11/h11-12H,3-10H2,1-2H3,(H,16,18,19). The lowest BCUT2D eigenvalue weighted by Gasteiger charge is -2.20. The number of carbonyl (C=O) groups excluding carboxylic acids is 1. The van der Waals surface area contributed by atoms with E-state index >= 15 is 0 Å². The lowest BCUT2D eigenvalue weighted by atomic mass is 9.87. The van der Waals surface area contributed by atoms with Crippen LogP contribution < -0.4 is 5.32 Å². The molecule has 1 aliphatic carbocycles. The smallest absolute Gasteiger partial charge is 0.226 e. The largest absolute Gasteiger partial charge is 0.301 e. The summed E-state index contributed by atoms with van der Waals surface area (Å²) in [5.74, 6) is 1.14. The molecule has 0 saturated heterocycles. The van der Waals surface area contributed by atoms with E-state index in [0.29, 0.717) is 23.4 Å². The number of rotatable bonds is 6. The van der Waals surface area contributed by atoms with Crippen LogP contribution in [0.2, 0.25) is 0 Å². The van der Waals surface area contributed by atoms with Crippen molar-refractivity contribution in [3.63, 3.8) is 0 Å². The lowest BCUT2D eigenvalue weighted by molar-refractivity contribution is -0.117. The van der Waals surface area contributed by atoms with Crippen molar-refractivity contribution in [2.24, 2.45) is 5.92 Å². The zero-order valence-corrected chi connectivity index (χ0v) is 13.3. The second-order valence-electron chi connectivity index (χ2n) is 5.72. The molecule has 0 spiro atoms. The molecule has 1 amide bonds. The maximum atomic E-state index is 12.0. The molecule has 0 unspecified atom stereocenters. The molecule has 1 aromatic rings. The zero-order chi connectivity index (χ0) is 14.4. The first-order chi connectivity index (χ1) is 9.72. The minimum absolute atomic E-state index is 0.101. The van der Waals surface area contributed by atoms with Gasteiger partial charge in [0.05, 0.1) is 0 Å². The second-order valence-corrected chi connectivity index (χ2v) is 6.72. The highest BCUT2D eigenvalue weighted by Gasteiger charge is 2.19. The fraction of sp³-hybridized carbons (Fsp3) is 0.800. The molecule has 0 bridgehead atoms.